The van der Waals surface area contributed by atoms with E-state index in [0.717, 1.165) is 18.4 Å². The average molecular weight is 326 g/mol. The Morgan fingerprint density at radius 1 is 1.50 bits per heavy atom. The van der Waals surface area contributed by atoms with Gasteiger partial charge in [0, 0.05) is 16.5 Å². The lowest BCUT2D eigenvalue weighted by molar-refractivity contribution is -0.144. The molecule has 0 aromatic heterocycles. The Bertz CT molecular complexity index is 561. The lowest BCUT2D eigenvalue weighted by Gasteiger charge is -2.20. The Morgan fingerprint density at radius 2 is 2.27 bits per heavy atom. The van der Waals surface area contributed by atoms with E-state index >= 15 is 0 Å². The van der Waals surface area contributed by atoms with Gasteiger partial charge in [-0.15, -0.1) is 0 Å². The van der Waals surface area contributed by atoms with E-state index in [-0.39, 0.29) is 24.3 Å². The van der Waals surface area contributed by atoms with Crippen LogP contribution in [0.2, 0.25) is 5.02 Å². The molecule has 1 amide bonds. The van der Waals surface area contributed by atoms with Gasteiger partial charge < -0.3 is 14.8 Å². The second kappa shape index (κ2) is 7.49. The minimum atomic E-state index is -0.438. The van der Waals surface area contributed by atoms with Gasteiger partial charge in [-0.05, 0) is 25.0 Å². The molecular formula is C16H20ClNO4. The Hall–Kier alpha value is -1.75. The van der Waals surface area contributed by atoms with Gasteiger partial charge in [0.2, 0.25) is 5.91 Å². The molecule has 1 aliphatic rings. The van der Waals surface area contributed by atoms with Gasteiger partial charge in [-0.2, -0.15) is 0 Å². The Kier molecular flexibility index (Phi) is 5.66. The third-order valence-corrected chi connectivity index (χ3v) is 3.95. The molecule has 0 radical (unpaired) electrons. The smallest absolute Gasteiger partial charge is 0.306 e. The molecule has 0 saturated carbocycles. The van der Waals surface area contributed by atoms with Crippen molar-refractivity contribution in [2.45, 2.75) is 32.2 Å². The summed E-state index contributed by atoms with van der Waals surface area (Å²) in [6.07, 6.45) is 1.69. The van der Waals surface area contributed by atoms with Gasteiger partial charge in [0.15, 0.2) is 0 Å². The standard InChI is InChI=1S/C16H20ClNO4/c1-10(8-15(19)21-2)16(20)18-13-4-3-7-22-14-9-11(17)5-6-12(13)14/h5-6,9-10,13H,3-4,7-8H2,1-2H3,(H,18,20)/t10-,13-/m1/s1. The highest BCUT2D eigenvalue weighted by molar-refractivity contribution is 6.30. The molecule has 0 fully saturated rings. The number of ether oxygens (including phenoxy) is 2. The first-order valence-electron chi connectivity index (χ1n) is 7.30. The van der Waals surface area contributed by atoms with Gasteiger partial charge in [0.25, 0.3) is 0 Å². The highest BCUT2D eigenvalue weighted by Gasteiger charge is 2.25. The van der Waals surface area contributed by atoms with Gasteiger partial charge in [-0.1, -0.05) is 24.6 Å². The van der Waals surface area contributed by atoms with E-state index in [1.165, 1.54) is 7.11 Å². The number of rotatable bonds is 4. The lowest BCUT2D eigenvalue weighted by Crippen LogP contribution is -2.33. The molecule has 2 atom stereocenters. The number of nitrogens with one attached hydrogen (secondary N) is 1. The van der Waals surface area contributed by atoms with E-state index in [1.54, 1.807) is 19.1 Å². The third kappa shape index (κ3) is 4.13. The second-order valence-electron chi connectivity index (χ2n) is 5.42. The molecule has 0 spiro atoms. The Labute approximate surface area is 134 Å². The highest BCUT2D eigenvalue weighted by Crippen LogP contribution is 2.33. The van der Waals surface area contributed by atoms with Crippen molar-refractivity contribution in [2.24, 2.45) is 5.92 Å². The predicted octanol–water partition coefficient (Wildman–Crippen LogP) is 2.87. The van der Waals surface area contributed by atoms with Crippen molar-refractivity contribution < 1.29 is 19.1 Å². The third-order valence-electron chi connectivity index (χ3n) is 3.71. The molecule has 1 heterocycles. The van der Waals surface area contributed by atoms with Gasteiger partial charge in [-0.25, -0.2) is 0 Å². The molecule has 0 aliphatic carbocycles. The van der Waals surface area contributed by atoms with Gasteiger partial charge in [0.05, 0.1) is 26.2 Å². The molecule has 1 aromatic rings. The zero-order chi connectivity index (χ0) is 16.1. The SMILES string of the molecule is COC(=O)C[C@@H](C)C(=O)N[C@@H]1CCCOc2cc(Cl)ccc21. The van der Waals surface area contributed by atoms with Crippen LogP contribution in [0.3, 0.4) is 0 Å². The van der Waals surface area contributed by atoms with Crippen LogP contribution in [0, 0.1) is 5.92 Å². The fraction of sp³-hybridized carbons (Fsp3) is 0.500. The number of esters is 1. The van der Waals surface area contributed by atoms with Gasteiger partial charge in [-0.3, -0.25) is 9.59 Å². The van der Waals surface area contributed by atoms with E-state index < -0.39 is 5.92 Å². The van der Waals surface area contributed by atoms with Crippen LogP contribution in [0.4, 0.5) is 0 Å². The molecule has 0 saturated heterocycles. The van der Waals surface area contributed by atoms with Crippen molar-refractivity contribution in [3.8, 4) is 5.75 Å². The summed E-state index contributed by atoms with van der Waals surface area (Å²) in [6.45, 7) is 2.31. The summed E-state index contributed by atoms with van der Waals surface area (Å²) in [4.78, 5) is 23.5. The van der Waals surface area contributed by atoms with Gasteiger partial charge >= 0.3 is 5.97 Å². The number of carbonyl (C=O) groups is 2. The minimum Gasteiger partial charge on any atom is -0.493 e. The quantitative estimate of drug-likeness (QED) is 0.865. The number of benzene rings is 1. The first-order valence-corrected chi connectivity index (χ1v) is 7.68. The van der Waals surface area contributed by atoms with Crippen molar-refractivity contribution in [3.63, 3.8) is 0 Å². The van der Waals surface area contributed by atoms with E-state index in [9.17, 15) is 9.59 Å². The fourth-order valence-corrected chi connectivity index (χ4v) is 2.60. The van der Waals surface area contributed by atoms with Crippen molar-refractivity contribution >= 4 is 23.5 Å². The highest BCUT2D eigenvalue weighted by atomic mass is 35.5. The zero-order valence-electron chi connectivity index (χ0n) is 12.7. The summed E-state index contributed by atoms with van der Waals surface area (Å²) in [7, 11) is 1.32. The monoisotopic (exact) mass is 325 g/mol. The first-order chi connectivity index (χ1) is 10.5. The number of hydrogen-bond donors (Lipinski definition) is 1. The van der Waals surface area contributed by atoms with Crippen molar-refractivity contribution in [3.05, 3.63) is 28.8 Å². The van der Waals surface area contributed by atoms with Crippen LogP contribution in [-0.4, -0.2) is 25.6 Å². The van der Waals surface area contributed by atoms with Crippen LogP contribution in [0.15, 0.2) is 18.2 Å². The average Bonchev–Trinajstić information content (AvgIpc) is 2.68. The number of amides is 1. The molecule has 6 heteroatoms. The normalized spacial score (nSPS) is 18.4. The number of methoxy groups -OCH3 is 1. The second-order valence-corrected chi connectivity index (χ2v) is 5.85. The molecule has 120 valence electrons. The van der Waals surface area contributed by atoms with E-state index in [2.05, 4.69) is 10.1 Å². The minimum absolute atomic E-state index is 0.0685. The van der Waals surface area contributed by atoms with Crippen molar-refractivity contribution in [2.75, 3.05) is 13.7 Å². The molecule has 1 N–H and O–H groups in total. The van der Waals surface area contributed by atoms with Crippen LogP contribution >= 0.6 is 11.6 Å². The summed E-state index contributed by atoms with van der Waals surface area (Å²) < 4.78 is 10.3. The van der Waals surface area contributed by atoms with Crippen molar-refractivity contribution in [1.29, 1.82) is 0 Å². The van der Waals surface area contributed by atoms with E-state index in [4.69, 9.17) is 16.3 Å². The Balaban J connectivity index is 2.09. The maximum Gasteiger partial charge on any atom is 0.306 e. The van der Waals surface area contributed by atoms with Crippen LogP contribution in [0.25, 0.3) is 0 Å². The lowest BCUT2D eigenvalue weighted by atomic mass is 10.00. The maximum absolute atomic E-state index is 12.3. The maximum atomic E-state index is 12.3. The summed E-state index contributed by atoms with van der Waals surface area (Å²) in [5.74, 6) is -0.291. The van der Waals surface area contributed by atoms with Crippen molar-refractivity contribution in [1.82, 2.24) is 5.32 Å². The summed E-state index contributed by atoms with van der Waals surface area (Å²) >= 11 is 5.99. The number of hydrogen-bond acceptors (Lipinski definition) is 4. The molecular weight excluding hydrogens is 306 g/mol. The van der Waals surface area contributed by atoms with E-state index in [0.29, 0.717) is 17.4 Å². The number of halogens is 1. The summed E-state index contributed by atoms with van der Waals surface area (Å²) in [5, 5.41) is 3.60. The fourth-order valence-electron chi connectivity index (χ4n) is 2.44. The zero-order valence-corrected chi connectivity index (χ0v) is 13.5. The van der Waals surface area contributed by atoms with Crippen LogP contribution in [-0.2, 0) is 14.3 Å². The van der Waals surface area contributed by atoms with E-state index in [1.807, 2.05) is 6.07 Å². The Morgan fingerprint density at radius 3 is 3.00 bits per heavy atom. The molecule has 22 heavy (non-hydrogen) atoms. The van der Waals surface area contributed by atoms with Crippen LogP contribution < -0.4 is 10.1 Å². The molecule has 0 unspecified atom stereocenters. The van der Waals surface area contributed by atoms with Gasteiger partial charge in [0.1, 0.15) is 5.75 Å². The predicted molar refractivity (Wildman–Crippen MR) is 82.9 cm³/mol. The topological polar surface area (TPSA) is 64.6 Å². The molecule has 0 bridgehead atoms. The summed E-state index contributed by atoms with van der Waals surface area (Å²) in [6, 6.07) is 5.28. The molecule has 5 nitrogen and oxygen atoms in total. The largest absolute Gasteiger partial charge is 0.493 e. The molecule has 1 aliphatic heterocycles. The van der Waals surface area contributed by atoms with Crippen LogP contribution in [0.1, 0.15) is 37.8 Å². The number of fused-ring (bicyclic) bond motifs is 1. The summed E-state index contributed by atoms with van der Waals surface area (Å²) in [5.41, 5.74) is 0.917. The molecule has 1 aromatic carbocycles. The molecule has 2 rings (SSSR count). The van der Waals surface area contributed by atoms with Crippen LogP contribution in [0.5, 0.6) is 5.75 Å². The number of carbonyl (C=O) groups excluding carboxylic acids is 2. The first kappa shape index (κ1) is 16.6.